The molecule has 0 spiro atoms. The van der Waals surface area contributed by atoms with Crippen molar-refractivity contribution in [3.8, 4) is 0 Å². The van der Waals surface area contributed by atoms with Crippen LogP contribution < -0.4 is 21.9 Å². The lowest BCUT2D eigenvalue weighted by atomic mass is 9.94. The standard InChI is InChI=1S/C33H38BrN5O4/c1-22-19-26(34)14-15-27(22)32(42)37-17-8-13-25(21-37)31(41)38(18-16-23-9-4-2-5-10-23)28-29(35)39(33(43)36-30(28)40)20-24-11-6-3-7-12-24/h3,6-7,9,11-12,14-15,19,25H,2,4-5,8,10,13,16-18,20-21,35H2,1H3,(H,36,40,43). The average Bonchev–Trinajstić information content (AvgIpc) is 3.01. The maximum atomic E-state index is 14.3. The highest BCUT2D eigenvalue weighted by molar-refractivity contribution is 9.10. The number of benzene rings is 2. The van der Waals surface area contributed by atoms with Crippen molar-refractivity contribution in [2.24, 2.45) is 5.92 Å². The van der Waals surface area contributed by atoms with E-state index in [-0.39, 0.29) is 43.0 Å². The molecule has 5 rings (SSSR count). The van der Waals surface area contributed by atoms with Crippen LogP contribution in [0.3, 0.4) is 0 Å². The van der Waals surface area contributed by atoms with Gasteiger partial charge in [0.15, 0.2) is 5.69 Å². The number of rotatable bonds is 8. The molecule has 0 radical (unpaired) electrons. The summed E-state index contributed by atoms with van der Waals surface area (Å²) in [5.41, 5.74) is 8.78. The van der Waals surface area contributed by atoms with Crippen molar-refractivity contribution in [1.82, 2.24) is 14.5 Å². The molecule has 9 nitrogen and oxygen atoms in total. The summed E-state index contributed by atoms with van der Waals surface area (Å²) in [7, 11) is 0. The third kappa shape index (κ3) is 7.01. The van der Waals surface area contributed by atoms with Crippen LogP contribution in [0.1, 0.15) is 66.4 Å². The molecule has 0 bridgehead atoms. The van der Waals surface area contributed by atoms with Crippen molar-refractivity contribution in [3.63, 3.8) is 0 Å². The number of H-pyrrole nitrogens is 1. The molecule has 2 aromatic carbocycles. The van der Waals surface area contributed by atoms with Crippen molar-refractivity contribution < 1.29 is 9.59 Å². The Morgan fingerprint density at radius 2 is 1.88 bits per heavy atom. The minimum Gasteiger partial charge on any atom is -0.383 e. The Labute approximate surface area is 259 Å². The summed E-state index contributed by atoms with van der Waals surface area (Å²) in [4.78, 5) is 59.6. The second kappa shape index (κ2) is 13.6. The van der Waals surface area contributed by atoms with E-state index in [4.69, 9.17) is 5.73 Å². The van der Waals surface area contributed by atoms with Crippen LogP contribution in [0.2, 0.25) is 0 Å². The molecule has 3 aromatic rings. The maximum Gasteiger partial charge on any atom is 0.330 e. The van der Waals surface area contributed by atoms with E-state index in [0.29, 0.717) is 31.4 Å². The summed E-state index contributed by atoms with van der Waals surface area (Å²) < 4.78 is 2.20. The van der Waals surface area contributed by atoms with Gasteiger partial charge in [0.2, 0.25) is 5.91 Å². The lowest BCUT2D eigenvalue weighted by Gasteiger charge is -2.35. The number of nitrogens with zero attached hydrogens (tertiary/aromatic N) is 3. The number of aryl methyl sites for hydroxylation is 1. The van der Waals surface area contributed by atoms with E-state index in [9.17, 15) is 19.2 Å². The molecule has 0 saturated carbocycles. The zero-order chi connectivity index (χ0) is 30.5. The lowest BCUT2D eigenvalue weighted by molar-refractivity contribution is -0.123. The minimum atomic E-state index is -0.688. The molecule has 1 atom stereocenters. The molecule has 2 aliphatic rings. The number of allylic oxidation sites excluding steroid dienone is 1. The number of anilines is 2. The van der Waals surface area contributed by atoms with E-state index in [2.05, 4.69) is 27.0 Å². The first-order chi connectivity index (χ1) is 20.7. The number of nitrogens with one attached hydrogen (secondary N) is 1. The molecule has 1 aliphatic heterocycles. The first-order valence-corrected chi connectivity index (χ1v) is 15.7. The van der Waals surface area contributed by atoms with E-state index in [1.165, 1.54) is 15.0 Å². The number of halogens is 1. The Bertz CT molecular complexity index is 1650. The number of nitrogen functional groups attached to an aromatic ring is 1. The molecule has 1 unspecified atom stereocenters. The smallest absolute Gasteiger partial charge is 0.330 e. The van der Waals surface area contributed by atoms with Crippen LogP contribution in [0.25, 0.3) is 0 Å². The van der Waals surface area contributed by atoms with Gasteiger partial charge in [-0.2, -0.15) is 0 Å². The Balaban J connectivity index is 1.47. The van der Waals surface area contributed by atoms with Crippen molar-refractivity contribution in [3.05, 3.63) is 102 Å². The number of amides is 2. The van der Waals surface area contributed by atoms with E-state index in [0.717, 1.165) is 41.3 Å². The Morgan fingerprint density at radius 3 is 2.60 bits per heavy atom. The average molecular weight is 649 g/mol. The minimum absolute atomic E-state index is 0.0101. The van der Waals surface area contributed by atoms with Crippen LogP contribution in [0.15, 0.2) is 74.2 Å². The van der Waals surface area contributed by atoms with Crippen LogP contribution >= 0.6 is 15.9 Å². The molecular formula is C33H38BrN5O4. The number of carbonyl (C=O) groups is 2. The Hall–Kier alpha value is -3.92. The summed E-state index contributed by atoms with van der Waals surface area (Å²) in [6.45, 7) is 3.10. The number of carbonyl (C=O) groups excluding carboxylic acids is 2. The van der Waals surface area contributed by atoms with Gasteiger partial charge in [-0.05, 0) is 81.2 Å². The summed E-state index contributed by atoms with van der Waals surface area (Å²) in [6, 6.07) is 14.9. The van der Waals surface area contributed by atoms with Gasteiger partial charge >= 0.3 is 5.69 Å². The van der Waals surface area contributed by atoms with Gasteiger partial charge < -0.3 is 15.5 Å². The molecule has 1 fully saturated rings. The molecule has 1 saturated heterocycles. The summed E-state index contributed by atoms with van der Waals surface area (Å²) in [5, 5.41) is 0. The number of aromatic nitrogens is 2. The van der Waals surface area contributed by atoms with Gasteiger partial charge in [0.1, 0.15) is 5.82 Å². The molecule has 1 aromatic heterocycles. The largest absolute Gasteiger partial charge is 0.383 e. The second-order valence-electron chi connectivity index (χ2n) is 11.5. The predicted octanol–water partition coefficient (Wildman–Crippen LogP) is 5.01. The third-order valence-corrected chi connectivity index (χ3v) is 8.95. The molecule has 1 aliphatic carbocycles. The number of likely N-dealkylation sites (tertiary alicyclic amines) is 1. The number of hydrogen-bond acceptors (Lipinski definition) is 5. The van der Waals surface area contributed by atoms with Gasteiger partial charge in [-0.3, -0.25) is 23.9 Å². The van der Waals surface area contributed by atoms with E-state index in [1.54, 1.807) is 11.0 Å². The Kier molecular flexibility index (Phi) is 9.65. The summed E-state index contributed by atoms with van der Waals surface area (Å²) in [6.07, 6.45) is 8.28. The fourth-order valence-corrected chi connectivity index (χ4v) is 6.58. The molecule has 3 N–H and O–H groups in total. The normalized spacial score (nSPS) is 16.9. The topological polar surface area (TPSA) is 121 Å². The van der Waals surface area contributed by atoms with Crippen molar-refractivity contribution in [1.29, 1.82) is 0 Å². The van der Waals surface area contributed by atoms with Gasteiger partial charge in [-0.1, -0.05) is 57.9 Å². The highest BCUT2D eigenvalue weighted by Gasteiger charge is 2.34. The summed E-state index contributed by atoms with van der Waals surface area (Å²) in [5.74, 6) is -0.932. The molecule has 226 valence electrons. The molecule has 2 amide bonds. The highest BCUT2D eigenvalue weighted by Crippen LogP contribution is 2.28. The molecule has 10 heteroatoms. The van der Waals surface area contributed by atoms with Crippen LogP contribution in [0, 0.1) is 12.8 Å². The first-order valence-electron chi connectivity index (χ1n) is 14.9. The number of nitrogens with two attached hydrogens (primary N) is 1. The lowest BCUT2D eigenvalue weighted by Crippen LogP contribution is -2.49. The van der Waals surface area contributed by atoms with Gasteiger partial charge in [-0.25, -0.2) is 4.79 Å². The van der Waals surface area contributed by atoms with Gasteiger partial charge in [0.05, 0.1) is 12.5 Å². The third-order valence-electron chi connectivity index (χ3n) is 8.45. The first kappa shape index (κ1) is 30.5. The molecule has 2 heterocycles. The molecular weight excluding hydrogens is 610 g/mol. The fraction of sp³-hybridized carbons (Fsp3) is 0.394. The highest BCUT2D eigenvalue weighted by atomic mass is 79.9. The Morgan fingerprint density at radius 1 is 1.09 bits per heavy atom. The van der Waals surface area contributed by atoms with E-state index < -0.39 is 17.2 Å². The number of aromatic amines is 1. The summed E-state index contributed by atoms with van der Waals surface area (Å²) >= 11 is 3.45. The van der Waals surface area contributed by atoms with E-state index in [1.807, 2.05) is 49.4 Å². The maximum absolute atomic E-state index is 14.3. The molecule has 43 heavy (non-hydrogen) atoms. The van der Waals surface area contributed by atoms with Crippen molar-refractivity contribution >= 4 is 39.2 Å². The van der Waals surface area contributed by atoms with Gasteiger partial charge in [0, 0.05) is 29.7 Å². The van der Waals surface area contributed by atoms with Crippen molar-refractivity contribution in [2.75, 3.05) is 30.3 Å². The monoisotopic (exact) mass is 647 g/mol. The van der Waals surface area contributed by atoms with Crippen molar-refractivity contribution in [2.45, 2.75) is 58.4 Å². The van der Waals surface area contributed by atoms with E-state index >= 15 is 0 Å². The second-order valence-corrected chi connectivity index (χ2v) is 12.4. The quantitative estimate of drug-likeness (QED) is 0.333. The van der Waals surface area contributed by atoms with Crippen LogP contribution in [-0.2, 0) is 11.3 Å². The fourth-order valence-electron chi connectivity index (χ4n) is 6.10. The SMILES string of the molecule is Cc1cc(Br)ccc1C(=O)N1CCCC(C(=O)N(CCC2=CCCCC2)c2c(N)n(Cc3ccccc3)c(=O)[nH]c2=O)C1. The predicted molar refractivity (Wildman–Crippen MR) is 172 cm³/mol. The van der Waals surface area contributed by atoms with Gasteiger partial charge in [-0.15, -0.1) is 0 Å². The van der Waals surface area contributed by atoms with Crippen LogP contribution in [0.4, 0.5) is 11.5 Å². The van der Waals surface area contributed by atoms with Crippen LogP contribution in [-0.4, -0.2) is 45.9 Å². The zero-order valence-corrected chi connectivity index (χ0v) is 26.1. The van der Waals surface area contributed by atoms with Crippen LogP contribution in [0.5, 0.6) is 0 Å². The number of hydrogen-bond donors (Lipinski definition) is 2. The number of piperidine rings is 1. The van der Waals surface area contributed by atoms with Gasteiger partial charge in [0.25, 0.3) is 11.5 Å². The zero-order valence-electron chi connectivity index (χ0n) is 24.5.